The minimum absolute atomic E-state index is 0.210. The fraction of sp³-hybridized carbons (Fsp3) is 0.611. The highest BCUT2D eigenvalue weighted by molar-refractivity contribution is 8.18. The number of hydrogen-bond donors (Lipinski definition) is 1. The van der Waals surface area contributed by atoms with Crippen molar-refractivity contribution in [2.75, 3.05) is 20.3 Å². The third-order valence-corrected chi connectivity index (χ3v) is 9.41. The zero-order chi connectivity index (χ0) is 34.1. The topological polar surface area (TPSA) is 82.1 Å². The average Bonchev–Trinajstić information content (AvgIpc) is 2.82. The minimum atomic E-state index is -0.571. The van der Waals surface area contributed by atoms with Gasteiger partial charge < -0.3 is 19.3 Å². The molecule has 1 N–H and O–H groups in total. The number of ether oxygens (including phenoxy) is 3. The maximum absolute atomic E-state index is 12.9. The van der Waals surface area contributed by atoms with E-state index < -0.39 is 11.9 Å². The monoisotopic (exact) mass is 646 g/mol. The molecule has 6 nitrogen and oxygen atoms in total. The molecule has 0 aliphatic heterocycles. The Morgan fingerprint density at radius 1 is 0.614 bits per heavy atom. The van der Waals surface area contributed by atoms with Gasteiger partial charge in [-0.15, -0.1) is 23.5 Å². The fourth-order valence-corrected chi connectivity index (χ4v) is 7.29. The van der Waals surface area contributed by atoms with Gasteiger partial charge in [0.1, 0.15) is 24.7 Å². The van der Waals surface area contributed by atoms with E-state index in [2.05, 4.69) is 126 Å². The summed E-state index contributed by atoms with van der Waals surface area (Å²) < 4.78 is 15.5. The van der Waals surface area contributed by atoms with Crippen molar-refractivity contribution in [2.24, 2.45) is 0 Å². The standard InChI is InChI=1S/C36H54O6S2/c1-32(2,3)24-16-22(17-25(30(24)39)33(4,5)6)43-36(13,14)44-23-18-26(34(7,8)9)31(27(19-23)35(10,11)12)42-29(38)21-41-20-28(37)40-15/h16-19,39H,20-21H2,1-15H3. The second kappa shape index (κ2) is 13.7. The number of rotatable bonds is 9. The molecule has 0 atom stereocenters. The highest BCUT2D eigenvalue weighted by Gasteiger charge is 2.33. The Balaban J connectivity index is 2.56. The van der Waals surface area contributed by atoms with Crippen molar-refractivity contribution in [1.82, 2.24) is 0 Å². The van der Waals surface area contributed by atoms with Gasteiger partial charge in [-0.25, -0.2) is 9.59 Å². The molecule has 0 amide bonds. The Kier molecular flexibility index (Phi) is 11.8. The van der Waals surface area contributed by atoms with E-state index in [-0.39, 0.29) is 39.0 Å². The van der Waals surface area contributed by atoms with Crippen molar-refractivity contribution in [3.63, 3.8) is 0 Å². The van der Waals surface area contributed by atoms with Gasteiger partial charge in [-0.1, -0.05) is 83.1 Å². The molecule has 0 unspecified atom stereocenters. The molecule has 44 heavy (non-hydrogen) atoms. The van der Waals surface area contributed by atoms with Gasteiger partial charge in [0.2, 0.25) is 0 Å². The van der Waals surface area contributed by atoms with E-state index >= 15 is 0 Å². The van der Waals surface area contributed by atoms with Gasteiger partial charge >= 0.3 is 11.9 Å². The molecule has 0 aliphatic carbocycles. The van der Waals surface area contributed by atoms with Gasteiger partial charge in [0.15, 0.2) is 0 Å². The predicted octanol–water partition coefficient (Wildman–Crippen LogP) is 9.30. The van der Waals surface area contributed by atoms with E-state index in [1.54, 1.807) is 23.5 Å². The van der Waals surface area contributed by atoms with Gasteiger partial charge in [-0.05, 0) is 59.8 Å². The highest BCUT2D eigenvalue weighted by Crippen LogP contribution is 2.51. The number of carbonyl (C=O) groups is 2. The highest BCUT2D eigenvalue weighted by atomic mass is 32.2. The zero-order valence-corrected chi connectivity index (χ0v) is 31.2. The molecule has 0 saturated heterocycles. The number of phenolic OH excluding ortho intramolecular Hbond substituents is 1. The van der Waals surface area contributed by atoms with Gasteiger partial charge in [0, 0.05) is 32.0 Å². The first-order valence-corrected chi connectivity index (χ1v) is 16.7. The van der Waals surface area contributed by atoms with Gasteiger partial charge in [-0.2, -0.15) is 0 Å². The van der Waals surface area contributed by atoms with Crippen LogP contribution in [-0.4, -0.2) is 41.4 Å². The summed E-state index contributed by atoms with van der Waals surface area (Å²) >= 11 is 3.54. The van der Waals surface area contributed by atoms with Gasteiger partial charge in [0.25, 0.3) is 0 Å². The zero-order valence-electron chi connectivity index (χ0n) is 29.5. The van der Waals surface area contributed by atoms with Crippen LogP contribution in [0.5, 0.6) is 11.5 Å². The van der Waals surface area contributed by atoms with E-state index in [0.717, 1.165) is 32.0 Å². The lowest BCUT2D eigenvalue weighted by Gasteiger charge is -2.32. The second-order valence-corrected chi connectivity index (χ2v) is 19.5. The first-order chi connectivity index (χ1) is 19.8. The van der Waals surface area contributed by atoms with Crippen LogP contribution in [0.3, 0.4) is 0 Å². The summed E-state index contributed by atoms with van der Waals surface area (Å²) in [7, 11) is 1.27. The van der Waals surface area contributed by atoms with Crippen LogP contribution in [-0.2, 0) is 40.7 Å². The van der Waals surface area contributed by atoms with Gasteiger partial charge in [-0.3, -0.25) is 0 Å². The van der Waals surface area contributed by atoms with Crippen molar-refractivity contribution in [2.45, 2.75) is 132 Å². The number of carbonyl (C=O) groups excluding carboxylic acids is 2. The maximum Gasteiger partial charge on any atom is 0.337 e. The van der Waals surface area contributed by atoms with E-state index in [9.17, 15) is 14.7 Å². The van der Waals surface area contributed by atoms with Crippen molar-refractivity contribution in [3.8, 4) is 11.5 Å². The number of phenols is 1. The molecule has 0 spiro atoms. The van der Waals surface area contributed by atoms with E-state index in [0.29, 0.717) is 11.5 Å². The molecular formula is C36H54O6S2. The Labute approximate surface area is 274 Å². The molecule has 0 aliphatic rings. The van der Waals surface area contributed by atoms with Crippen molar-refractivity contribution >= 4 is 35.5 Å². The number of thioether (sulfide) groups is 2. The summed E-state index contributed by atoms with van der Waals surface area (Å²) in [6, 6.07) is 8.50. The molecule has 0 bridgehead atoms. The number of aromatic hydroxyl groups is 1. The second-order valence-electron chi connectivity index (χ2n) is 15.9. The smallest absolute Gasteiger partial charge is 0.337 e. The molecule has 0 radical (unpaired) electrons. The summed E-state index contributed by atoms with van der Waals surface area (Å²) in [6.45, 7) is 29.1. The number of benzene rings is 2. The Hall–Kier alpha value is -2.16. The lowest BCUT2D eigenvalue weighted by atomic mass is 9.79. The lowest BCUT2D eigenvalue weighted by molar-refractivity contribution is -0.149. The van der Waals surface area contributed by atoms with E-state index in [4.69, 9.17) is 9.47 Å². The number of esters is 2. The van der Waals surface area contributed by atoms with Crippen molar-refractivity contribution in [1.29, 1.82) is 0 Å². The number of methoxy groups -OCH3 is 1. The predicted molar refractivity (Wildman–Crippen MR) is 184 cm³/mol. The molecular weight excluding hydrogens is 593 g/mol. The Bertz CT molecular complexity index is 1280. The van der Waals surface area contributed by atoms with Crippen LogP contribution in [0.15, 0.2) is 34.1 Å². The molecule has 246 valence electrons. The molecule has 2 rings (SSSR count). The van der Waals surface area contributed by atoms with Crippen LogP contribution < -0.4 is 4.74 Å². The van der Waals surface area contributed by atoms with E-state index in [1.807, 2.05) is 0 Å². The summed E-state index contributed by atoms with van der Waals surface area (Å²) in [6.07, 6.45) is 0. The van der Waals surface area contributed by atoms with Gasteiger partial charge in [0.05, 0.1) is 11.2 Å². The summed E-state index contributed by atoms with van der Waals surface area (Å²) in [4.78, 5) is 26.4. The van der Waals surface area contributed by atoms with Crippen molar-refractivity contribution in [3.05, 3.63) is 46.5 Å². The van der Waals surface area contributed by atoms with Crippen molar-refractivity contribution < 1.29 is 28.9 Å². The summed E-state index contributed by atoms with van der Waals surface area (Å²) in [5.74, 6) is -0.209. The van der Waals surface area contributed by atoms with Crippen LogP contribution in [0.25, 0.3) is 0 Å². The number of hydrogen-bond acceptors (Lipinski definition) is 8. The largest absolute Gasteiger partial charge is 0.507 e. The third-order valence-electron chi connectivity index (χ3n) is 6.99. The van der Waals surface area contributed by atoms with Crippen LogP contribution in [0, 0.1) is 0 Å². The molecule has 0 aromatic heterocycles. The SMILES string of the molecule is COC(=O)COCC(=O)Oc1c(C(C)(C)C)cc(SC(C)(C)Sc2cc(C(C)(C)C)c(O)c(C(C)(C)C)c2)cc1C(C)(C)C. The molecule has 2 aromatic rings. The van der Waals surface area contributed by atoms with Crippen LogP contribution in [0.4, 0.5) is 0 Å². The molecule has 2 aromatic carbocycles. The Morgan fingerprint density at radius 2 is 0.955 bits per heavy atom. The Morgan fingerprint density at radius 3 is 1.30 bits per heavy atom. The van der Waals surface area contributed by atoms with Crippen LogP contribution >= 0.6 is 23.5 Å². The first-order valence-electron chi connectivity index (χ1n) is 15.1. The first kappa shape index (κ1) is 38.0. The molecule has 0 fully saturated rings. The third kappa shape index (κ3) is 10.4. The average molecular weight is 647 g/mol. The molecule has 0 saturated carbocycles. The maximum atomic E-state index is 12.9. The molecule has 0 heterocycles. The lowest BCUT2D eigenvalue weighted by Crippen LogP contribution is -2.25. The van der Waals surface area contributed by atoms with E-state index in [1.165, 1.54) is 7.11 Å². The summed E-state index contributed by atoms with van der Waals surface area (Å²) in [5, 5.41) is 11.2. The quantitative estimate of drug-likeness (QED) is 0.125. The molecule has 8 heteroatoms. The normalized spacial score (nSPS) is 13.2. The minimum Gasteiger partial charge on any atom is -0.507 e. The van der Waals surface area contributed by atoms with Crippen LogP contribution in [0.2, 0.25) is 0 Å². The fourth-order valence-electron chi connectivity index (χ4n) is 4.70. The van der Waals surface area contributed by atoms with Crippen LogP contribution in [0.1, 0.15) is 119 Å². The summed E-state index contributed by atoms with van der Waals surface area (Å²) in [5.41, 5.74) is 2.67.